The van der Waals surface area contributed by atoms with Crippen molar-refractivity contribution in [3.63, 3.8) is 0 Å². The maximum absolute atomic E-state index is 11.6. The maximum Gasteiger partial charge on any atom is 0.244 e. The number of nitrogens with one attached hydrogen (secondary N) is 1. The van der Waals surface area contributed by atoms with Crippen molar-refractivity contribution >= 4 is 33.4 Å². The highest BCUT2D eigenvalue weighted by molar-refractivity contribution is 9.10. The second-order valence-corrected chi connectivity index (χ2v) is 4.90. The first-order valence-corrected chi connectivity index (χ1v) is 5.95. The zero-order valence-corrected chi connectivity index (χ0v) is 10.3. The van der Waals surface area contributed by atoms with Crippen molar-refractivity contribution in [3.05, 3.63) is 28.5 Å². The van der Waals surface area contributed by atoms with Crippen LogP contribution in [0, 0.1) is 0 Å². The molecule has 1 aromatic rings. The maximum atomic E-state index is 11.6. The number of rotatable bonds is 3. The van der Waals surface area contributed by atoms with Gasteiger partial charge in [-0.15, -0.1) is 11.6 Å². The van der Waals surface area contributed by atoms with Gasteiger partial charge < -0.3 is 5.32 Å². The van der Waals surface area contributed by atoms with Gasteiger partial charge in [0.05, 0.1) is 5.69 Å². The summed E-state index contributed by atoms with van der Waals surface area (Å²) >= 11 is 9.27. The average Bonchev–Trinajstić information content (AvgIpc) is 3.02. The minimum absolute atomic E-state index is 0.158. The van der Waals surface area contributed by atoms with E-state index in [0.29, 0.717) is 11.7 Å². The van der Waals surface area contributed by atoms with Gasteiger partial charge in [-0.25, -0.2) is 0 Å². The molecule has 2 rings (SSSR count). The van der Waals surface area contributed by atoms with Crippen LogP contribution in [0.1, 0.15) is 23.9 Å². The second-order valence-electron chi connectivity index (χ2n) is 3.55. The second kappa shape index (κ2) is 4.49. The van der Waals surface area contributed by atoms with Crippen LogP contribution >= 0.6 is 27.5 Å². The number of halogens is 2. The first-order chi connectivity index (χ1) is 7.16. The lowest BCUT2D eigenvalue weighted by Crippen LogP contribution is -2.29. The number of amides is 1. The highest BCUT2D eigenvalue weighted by Gasteiger charge is 2.27. The zero-order chi connectivity index (χ0) is 10.8. The molecule has 1 unspecified atom stereocenters. The predicted molar refractivity (Wildman–Crippen MR) is 61.7 cm³/mol. The molecule has 80 valence electrons. The fraction of sp³-hybridized carbons (Fsp3) is 0.400. The lowest BCUT2D eigenvalue weighted by Gasteiger charge is -2.09. The molecule has 3 nitrogen and oxygen atoms in total. The summed E-state index contributed by atoms with van der Waals surface area (Å²) in [7, 11) is 0. The fourth-order valence-corrected chi connectivity index (χ4v) is 1.60. The minimum atomic E-state index is -0.696. The molecule has 0 spiro atoms. The Morgan fingerprint density at radius 2 is 2.33 bits per heavy atom. The predicted octanol–water partition coefficient (Wildman–Crippen LogP) is 2.40. The fourth-order valence-electron chi connectivity index (χ4n) is 1.17. The summed E-state index contributed by atoms with van der Waals surface area (Å²) in [6, 6.07) is 3.89. The number of carbonyl (C=O) groups excluding carboxylic acids is 1. The van der Waals surface area contributed by atoms with E-state index < -0.39 is 5.38 Å². The molecule has 1 aromatic heterocycles. The van der Waals surface area contributed by atoms with Crippen molar-refractivity contribution < 1.29 is 4.79 Å². The van der Waals surface area contributed by atoms with E-state index in [4.69, 9.17) is 11.6 Å². The number of pyridine rings is 1. The van der Waals surface area contributed by atoms with Gasteiger partial charge in [-0.1, -0.05) is 0 Å². The van der Waals surface area contributed by atoms with Crippen molar-refractivity contribution in [2.24, 2.45) is 0 Å². The van der Waals surface area contributed by atoms with Crippen molar-refractivity contribution in [1.82, 2.24) is 10.3 Å². The Kier molecular flexibility index (Phi) is 3.26. The van der Waals surface area contributed by atoms with Gasteiger partial charge >= 0.3 is 0 Å². The molecule has 0 aliphatic heterocycles. The van der Waals surface area contributed by atoms with Gasteiger partial charge in [0.2, 0.25) is 5.91 Å². The molecule has 1 aliphatic carbocycles. The Balaban J connectivity index is 2.02. The summed E-state index contributed by atoms with van der Waals surface area (Å²) in [5.74, 6) is -0.158. The summed E-state index contributed by atoms with van der Waals surface area (Å²) in [6.45, 7) is 0. The van der Waals surface area contributed by atoms with E-state index in [1.54, 1.807) is 12.3 Å². The van der Waals surface area contributed by atoms with Crippen LogP contribution in [0.15, 0.2) is 22.8 Å². The molecule has 1 amide bonds. The Labute approximate surface area is 101 Å². The molecule has 0 radical (unpaired) electrons. The molecular formula is C10H10BrClN2O. The van der Waals surface area contributed by atoms with Crippen molar-refractivity contribution in [1.29, 1.82) is 0 Å². The van der Waals surface area contributed by atoms with Crippen LogP contribution in [-0.4, -0.2) is 16.9 Å². The van der Waals surface area contributed by atoms with Gasteiger partial charge in [0, 0.05) is 16.7 Å². The standard InChI is InChI=1S/C10H10BrClN2O/c11-6-1-4-8(13-5-6)9(12)10(15)14-7-2-3-7/h1,4-5,7,9H,2-3H2,(H,14,15). The van der Waals surface area contributed by atoms with Crippen molar-refractivity contribution in [2.75, 3.05) is 0 Å². The third kappa shape index (κ3) is 2.92. The number of aromatic nitrogens is 1. The smallest absolute Gasteiger partial charge is 0.244 e. The van der Waals surface area contributed by atoms with Gasteiger partial charge in [0.15, 0.2) is 5.38 Å². The first-order valence-electron chi connectivity index (χ1n) is 4.73. The number of alkyl halides is 1. The van der Waals surface area contributed by atoms with Crippen LogP contribution < -0.4 is 5.32 Å². The quantitative estimate of drug-likeness (QED) is 0.868. The molecule has 15 heavy (non-hydrogen) atoms. The molecule has 1 fully saturated rings. The molecule has 1 heterocycles. The summed E-state index contributed by atoms with van der Waals surface area (Å²) in [5.41, 5.74) is 0.581. The van der Waals surface area contributed by atoms with Crippen LogP contribution in [0.2, 0.25) is 0 Å². The average molecular weight is 290 g/mol. The van der Waals surface area contributed by atoms with E-state index in [1.807, 2.05) is 6.07 Å². The van der Waals surface area contributed by atoms with Gasteiger partial charge in [-0.3, -0.25) is 9.78 Å². The van der Waals surface area contributed by atoms with E-state index >= 15 is 0 Å². The monoisotopic (exact) mass is 288 g/mol. The van der Waals surface area contributed by atoms with E-state index in [1.165, 1.54) is 0 Å². The van der Waals surface area contributed by atoms with E-state index in [-0.39, 0.29) is 5.91 Å². The van der Waals surface area contributed by atoms with Crippen LogP contribution in [0.3, 0.4) is 0 Å². The molecular weight excluding hydrogens is 279 g/mol. The summed E-state index contributed by atoms with van der Waals surface area (Å²) in [6.07, 6.45) is 3.75. The molecule has 1 saturated carbocycles. The third-order valence-electron chi connectivity index (χ3n) is 2.16. The Bertz CT molecular complexity index is 364. The lowest BCUT2D eigenvalue weighted by atomic mass is 10.2. The molecule has 0 bridgehead atoms. The molecule has 1 atom stereocenters. The Morgan fingerprint density at radius 3 is 2.87 bits per heavy atom. The Hall–Kier alpha value is -0.610. The van der Waals surface area contributed by atoms with Crippen LogP contribution in [-0.2, 0) is 4.79 Å². The molecule has 0 saturated heterocycles. The van der Waals surface area contributed by atoms with Crippen molar-refractivity contribution in [3.8, 4) is 0 Å². The van der Waals surface area contributed by atoms with Gasteiger partial charge in [0.25, 0.3) is 0 Å². The number of hydrogen-bond donors (Lipinski definition) is 1. The van der Waals surface area contributed by atoms with E-state index in [0.717, 1.165) is 17.3 Å². The van der Waals surface area contributed by atoms with Crippen LogP contribution in [0.4, 0.5) is 0 Å². The van der Waals surface area contributed by atoms with Crippen molar-refractivity contribution in [2.45, 2.75) is 24.3 Å². The van der Waals surface area contributed by atoms with E-state index in [2.05, 4.69) is 26.2 Å². The largest absolute Gasteiger partial charge is 0.352 e. The summed E-state index contributed by atoms with van der Waals surface area (Å²) in [4.78, 5) is 15.7. The zero-order valence-electron chi connectivity index (χ0n) is 7.91. The number of nitrogens with zero attached hydrogens (tertiary/aromatic N) is 1. The summed E-state index contributed by atoms with van der Waals surface area (Å²) in [5, 5.41) is 2.15. The normalized spacial score (nSPS) is 17.2. The molecule has 1 aliphatic rings. The molecule has 5 heteroatoms. The minimum Gasteiger partial charge on any atom is -0.352 e. The van der Waals surface area contributed by atoms with Gasteiger partial charge in [-0.2, -0.15) is 0 Å². The number of carbonyl (C=O) groups is 1. The topological polar surface area (TPSA) is 42.0 Å². The Morgan fingerprint density at radius 1 is 1.60 bits per heavy atom. The van der Waals surface area contributed by atoms with Crippen LogP contribution in [0.5, 0.6) is 0 Å². The molecule has 1 N–H and O–H groups in total. The SMILES string of the molecule is O=C(NC1CC1)C(Cl)c1ccc(Br)cn1. The number of hydrogen-bond acceptors (Lipinski definition) is 2. The van der Waals surface area contributed by atoms with Crippen LogP contribution in [0.25, 0.3) is 0 Å². The van der Waals surface area contributed by atoms with E-state index in [9.17, 15) is 4.79 Å². The summed E-state index contributed by atoms with van der Waals surface area (Å²) < 4.78 is 0.873. The third-order valence-corrected chi connectivity index (χ3v) is 3.05. The lowest BCUT2D eigenvalue weighted by molar-refractivity contribution is -0.121. The highest BCUT2D eigenvalue weighted by Crippen LogP contribution is 2.24. The van der Waals surface area contributed by atoms with Gasteiger partial charge in [0.1, 0.15) is 0 Å². The molecule has 0 aromatic carbocycles. The van der Waals surface area contributed by atoms with Gasteiger partial charge in [-0.05, 0) is 40.9 Å². The highest BCUT2D eigenvalue weighted by atomic mass is 79.9. The first kappa shape index (κ1) is 10.9.